The molecule has 0 aliphatic carbocycles. The van der Waals surface area contributed by atoms with Crippen molar-refractivity contribution in [3.8, 4) is 10.8 Å². The van der Waals surface area contributed by atoms with Gasteiger partial charge in [0.25, 0.3) is 0 Å². The molecule has 0 saturated carbocycles. The summed E-state index contributed by atoms with van der Waals surface area (Å²) in [4.78, 5) is 8.03. The molecule has 14 heavy (non-hydrogen) atoms. The molecule has 0 bridgehead atoms. The predicted molar refractivity (Wildman–Crippen MR) is 56.3 cm³/mol. The van der Waals surface area contributed by atoms with E-state index in [1.807, 2.05) is 19.2 Å². The molecular weight excluding hydrogens is 222 g/mol. The average molecular weight is 232 g/mol. The minimum absolute atomic E-state index is 0.234. The number of rotatable bonds is 2. The Balaban J connectivity index is 0.000000461. The second-order valence-corrected chi connectivity index (χ2v) is 3.14. The molecule has 0 fully saturated rings. The average Bonchev–Trinajstić information content (AvgIpc) is 2.91. The Morgan fingerprint density at radius 3 is 2.79 bits per heavy atom. The molecule has 0 N–H and O–H groups in total. The molecule has 0 amide bonds. The summed E-state index contributed by atoms with van der Waals surface area (Å²) in [6.45, 7) is 4.00. The summed E-state index contributed by atoms with van der Waals surface area (Å²) in [6.07, 6.45) is 1.69. The molecule has 2 rings (SSSR count). The van der Waals surface area contributed by atoms with Crippen LogP contribution in [0.1, 0.15) is 19.7 Å². The molecule has 0 aromatic carbocycles. The van der Waals surface area contributed by atoms with Gasteiger partial charge in [0.2, 0.25) is 11.7 Å². The fourth-order valence-corrected chi connectivity index (χ4v) is 1.40. The molecule has 2 heterocycles. The van der Waals surface area contributed by atoms with E-state index in [-0.39, 0.29) is 5.88 Å². The van der Waals surface area contributed by atoms with Crippen molar-refractivity contribution in [2.24, 2.45) is 0 Å². The van der Waals surface area contributed by atoms with E-state index >= 15 is 0 Å². The van der Waals surface area contributed by atoms with Crippen molar-refractivity contribution >= 4 is 22.9 Å². The van der Waals surface area contributed by atoms with Gasteiger partial charge in [0.1, 0.15) is 5.88 Å². The number of aromatic nitrogens is 3. The monoisotopic (exact) mass is 231 g/mol. The van der Waals surface area contributed by atoms with Gasteiger partial charge in [-0.25, -0.2) is 4.98 Å². The molecule has 0 unspecified atom stereocenters. The molecule has 2 aromatic heterocycles. The summed E-state index contributed by atoms with van der Waals surface area (Å²) < 4.78 is 4.81. The van der Waals surface area contributed by atoms with Gasteiger partial charge in [-0.1, -0.05) is 19.0 Å². The second-order valence-electron chi connectivity index (χ2n) is 1.98. The molecule has 76 valence electrons. The standard InChI is InChI=1S/C6H4ClN3OS.C2H6/c7-3-4-9-5(10-11-4)6-8-1-2-12-6;1-2/h1-2H,3H2;1-2H3. The van der Waals surface area contributed by atoms with Crippen LogP contribution in [-0.2, 0) is 5.88 Å². The first-order chi connectivity index (χ1) is 6.90. The third-order valence-corrected chi connectivity index (χ3v) is 2.20. The van der Waals surface area contributed by atoms with Crippen molar-refractivity contribution in [3.63, 3.8) is 0 Å². The predicted octanol–water partition coefficient (Wildman–Crippen LogP) is 2.96. The molecular formula is C8H10ClN3OS. The number of halogens is 1. The Morgan fingerprint density at radius 2 is 2.29 bits per heavy atom. The molecule has 0 aliphatic heterocycles. The van der Waals surface area contributed by atoms with E-state index in [0.717, 1.165) is 5.01 Å². The lowest BCUT2D eigenvalue weighted by Gasteiger charge is -1.79. The van der Waals surface area contributed by atoms with E-state index in [1.165, 1.54) is 11.3 Å². The Labute approximate surface area is 90.9 Å². The van der Waals surface area contributed by atoms with E-state index < -0.39 is 0 Å². The van der Waals surface area contributed by atoms with Gasteiger partial charge < -0.3 is 4.52 Å². The van der Waals surface area contributed by atoms with Crippen molar-refractivity contribution in [2.45, 2.75) is 19.7 Å². The number of thiazole rings is 1. The maximum Gasteiger partial charge on any atom is 0.241 e. The van der Waals surface area contributed by atoms with E-state index in [4.69, 9.17) is 16.1 Å². The van der Waals surface area contributed by atoms with Gasteiger partial charge in [-0.05, 0) is 0 Å². The second kappa shape index (κ2) is 5.72. The van der Waals surface area contributed by atoms with Gasteiger partial charge in [-0.3, -0.25) is 0 Å². The lowest BCUT2D eigenvalue weighted by atomic mass is 10.6. The molecule has 2 aromatic rings. The highest BCUT2D eigenvalue weighted by molar-refractivity contribution is 7.12. The molecule has 0 spiro atoms. The van der Waals surface area contributed by atoms with Crippen molar-refractivity contribution in [2.75, 3.05) is 0 Å². The first-order valence-electron chi connectivity index (χ1n) is 4.18. The topological polar surface area (TPSA) is 51.8 Å². The Kier molecular flexibility index (Phi) is 4.55. The van der Waals surface area contributed by atoms with Gasteiger partial charge in [-0.2, -0.15) is 4.98 Å². The number of nitrogens with zero attached hydrogens (tertiary/aromatic N) is 3. The fourth-order valence-electron chi connectivity index (χ4n) is 0.730. The summed E-state index contributed by atoms with van der Waals surface area (Å²) in [5, 5.41) is 6.31. The van der Waals surface area contributed by atoms with Crippen molar-refractivity contribution < 1.29 is 4.52 Å². The fraction of sp³-hybridized carbons (Fsp3) is 0.375. The van der Waals surface area contributed by atoms with Crippen LogP contribution < -0.4 is 0 Å². The highest BCUT2D eigenvalue weighted by Crippen LogP contribution is 2.18. The van der Waals surface area contributed by atoms with E-state index in [0.29, 0.717) is 11.7 Å². The lowest BCUT2D eigenvalue weighted by Crippen LogP contribution is -1.78. The molecule has 0 atom stereocenters. The van der Waals surface area contributed by atoms with Gasteiger partial charge in [0, 0.05) is 11.6 Å². The highest BCUT2D eigenvalue weighted by atomic mass is 35.5. The zero-order valence-corrected chi connectivity index (χ0v) is 9.47. The van der Waals surface area contributed by atoms with Crippen LogP contribution in [0.2, 0.25) is 0 Å². The zero-order valence-electron chi connectivity index (χ0n) is 7.90. The number of hydrogen-bond acceptors (Lipinski definition) is 5. The Morgan fingerprint density at radius 1 is 1.50 bits per heavy atom. The van der Waals surface area contributed by atoms with Crippen LogP contribution in [0.3, 0.4) is 0 Å². The smallest absolute Gasteiger partial charge is 0.241 e. The normalized spacial score (nSPS) is 9.36. The molecule has 0 aliphatic rings. The van der Waals surface area contributed by atoms with Crippen molar-refractivity contribution in [3.05, 3.63) is 17.5 Å². The van der Waals surface area contributed by atoms with Crippen LogP contribution in [0.15, 0.2) is 16.1 Å². The third kappa shape index (κ3) is 2.52. The maximum atomic E-state index is 5.49. The van der Waals surface area contributed by atoms with Crippen LogP contribution >= 0.6 is 22.9 Å². The molecule has 6 heteroatoms. The van der Waals surface area contributed by atoms with Crippen LogP contribution in [0, 0.1) is 0 Å². The van der Waals surface area contributed by atoms with Gasteiger partial charge in [0.05, 0.1) is 0 Å². The largest absolute Gasteiger partial charge is 0.338 e. The third-order valence-electron chi connectivity index (χ3n) is 1.21. The van der Waals surface area contributed by atoms with E-state index in [2.05, 4.69) is 15.1 Å². The minimum atomic E-state index is 0.234. The summed E-state index contributed by atoms with van der Waals surface area (Å²) >= 11 is 6.95. The van der Waals surface area contributed by atoms with Gasteiger partial charge >= 0.3 is 0 Å². The van der Waals surface area contributed by atoms with Crippen LogP contribution in [0.5, 0.6) is 0 Å². The number of hydrogen-bond donors (Lipinski definition) is 0. The van der Waals surface area contributed by atoms with Crippen molar-refractivity contribution in [1.82, 2.24) is 15.1 Å². The van der Waals surface area contributed by atoms with Gasteiger partial charge in [-0.15, -0.1) is 22.9 Å². The summed E-state index contributed by atoms with van der Waals surface area (Å²) in [7, 11) is 0. The summed E-state index contributed by atoms with van der Waals surface area (Å²) in [6, 6.07) is 0. The van der Waals surface area contributed by atoms with E-state index in [1.54, 1.807) is 6.20 Å². The van der Waals surface area contributed by atoms with E-state index in [9.17, 15) is 0 Å². The van der Waals surface area contributed by atoms with Crippen LogP contribution in [0.4, 0.5) is 0 Å². The summed E-state index contributed by atoms with van der Waals surface area (Å²) in [5.41, 5.74) is 0. The zero-order chi connectivity index (χ0) is 10.4. The molecule has 0 radical (unpaired) electrons. The first-order valence-corrected chi connectivity index (χ1v) is 5.60. The Bertz CT molecular complexity index is 360. The van der Waals surface area contributed by atoms with Crippen molar-refractivity contribution in [1.29, 1.82) is 0 Å². The maximum absolute atomic E-state index is 5.49. The Hall–Kier alpha value is -0.940. The quantitative estimate of drug-likeness (QED) is 0.746. The molecule has 0 saturated heterocycles. The van der Waals surface area contributed by atoms with Gasteiger partial charge in [0.15, 0.2) is 5.01 Å². The lowest BCUT2D eigenvalue weighted by molar-refractivity contribution is 0.391. The highest BCUT2D eigenvalue weighted by Gasteiger charge is 2.08. The minimum Gasteiger partial charge on any atom is -0.338 e. The number of alkyl halides is 1. The first kappa shape index (κ1) is 11.1. The SMILES string of the molecule is CC.ClCc1nc(-c2nccs2)no1. The van der Waals surface area contributed by atoms with Crippen LogP contribution in [0.25, 0.3) is 10.8 Å². The van der Waals surface area contributed by atoms with Crippen LogP contribution in [-0.4, -0.2) is 15.1 Å². The molecule has 4 nitrogen and oxygen atoms in total. The summed E-state index contributed by atoms with van der Waals surface area (Å²) in [5.74, 6) is 1.15.